The molecule has 1 rings (SSSR count). The number of urea groups is 1. The first-order valence-electron chi connectivity index (χ1n) is 7.44. The van der Waals surface area contributed by atoms with E-state index < -0.39 is 12.0 Å². The Labute approximate surface area is 120 Å². The summed E-state index contributed by atoms with van der Waals surface area (Å²) in [5.74, 6) is -0.539. The third-order valence-corrected chi connectivity index (χ3v) is 4.06. The van der Waals surface area contributed by atoms with Crippen molar-refractivity contribution in [3.8, 4) is 0 Å². The molecule has 1 aliphatic heterocycles. The van der Waals surface area contributed by atoms with Crippen LogP contribution in [0.2, 0.25) is 0 Å². The molecule has 0 aliphatic carbocycles. The van der Waals surface area contributed by atoms with Crippen molar-refractivity contribution in [3.63, 3.8) is 0 Å². The summed E-state index contributed by atoms with van der Waals surface area (Å²) in [4.78, 5) is 26.9. The number of likely N-dealkylation sites (tertiary alicyclic amines) is 1. The predicted molar refractivity (Wildman–Crippen MR) is 75.5 cm³/mol. The maximum absolute atomic E-state index is 12.5. The molecule has 2 N–H and O–H groups in total. The molecule has 6 heteroatoms. The lowest BCUT2D eigenvalue weighted by Gasteiger charge is -2.39. The molecule has 0 aromatic rings. The Morgan fingerprint density at radius 2 is 2.05 bits per heavy atom. The lowest BCUT2D eigenvalue weighted by molar-refractivity contribution is -0.144. The average Bonchev–Trinajstić information content (AvgIpc) is 2.47. The Morgan fingerprint density at radius 3 is 2.55 bits per heavy atom. The molecule has 2 amide bonds. The number of piperidine rings is 1. The minimum atomic E-state index is -0.922. The topological polar surface area (TPSA) is 81.1 Å². The average molecular weight is 286 g/mol. The smallest absolute Gasteiger partial charge is 0.326 e. The second-order valence-corrected chi connectivity index (χ2v) is 5.29. The van der Waals surface area contributed by atoms with E-state index in [0.717, 1.165) is 12.8 Å². The van der Waals surface area contributed by atoms with Gasteiger partial charge in [0, 0.05) is 26.2 Å². The summed E-state index contributed by atoms with van der Waals surface area (Å²) in [5, 5.41) is 18.2. The lowest BCUT2D eigenvalue weighted by atomic mass is 9.89. The van der Waals surface area contributed by atoms with Crippen LogP contribution < -0.4 is 0 Å². The largest absolute Gasteiger partial charge is 0.480 e. The predicted octanol–water partition coefficient (Wildman–Crippen LogP) is 1.39. The molecule has 0 radical (unpaired) electrons. The summed E-state index contributed by atoms with van der Waals surface area (Å²) in [7, 11) is 0. The molecule has 2 unspecified atom stereocenters. The third-order valence-electron chi connectivity index (χ3n) is 4.06. The molecular formula is C14H26N2O4. The Balaban J connectivity index is 2.75. The molecule has 116 valence electrons. The lowest BCUT2D eigenvalue weighted by Crippen LogP contribution is -2.54. The normalized spacial score (nSPS) is 22.6. The van der Waals surface area contributed by atoms with Crippen LogP contribution in [0.25, 0.3) is 0 Å². The number of rotatable bonds is 6. The molecule has 20 heavy (non-hydrogen) atoms. The first kappa shape index (κ1) is 16.8. The number of carbonyl (C=O) groups excluding carboxylic acids is 1. The zero-order valence-corrected chi connectivity index (χ0v) is 12.4. The monoisotopic (exact) mass is 286 g/mol. The van der Waals surface area contributed by atoms with Gasteiger partial charge in [0.25, 0.3) is 0 Å². The van der Waals surface area contributed by atoms with Crippen molar-refractivity contribution in [2.45, 2.75) is 45.6 Å². The van der Waals surface area contributed by atoms with E-state index in [4.69, 9.17) is 5.11 Å². The number of carboxylic acid groups (broad SMARTS) is 1. The fourth-order valence-corrected chi connectivity index (χ4v) is 2.70. The van der Waals surface area contributed by atoms with E-state index in [-0.39, 0.29) is 12.6 Å². The highest BCUT2D eigenvalue weighted by Crippen LogP contribution is 2.26. The van der Waals surface area contributed by atoms with E-state index in [1.54, 1.807) is 4.90 Å². The van der Waals surface area contributed by atoms with Crippen molar-refractivity contribution in [1.29, 1.82) is 0 Å². The van der Waals surface area contributed by atoms with Crippen molar-refractivity contribution < 1.29 is 19.8 Å². The fraction of sp³-hybridized carbons (Fsp3) is 0.857. The molecule has 0 aromatic carbocycles. The maximum Gasteiger partial charge on any atom is 0.326 e. The molecule has 0 spiro atoms. The van der Waals surface area contributed by atoms with E-state index >= 15 is 0 Å². The highest BCUT2D eigenvalue weighted by Gasteiger charge is 2.37. The molecule has 0 aromatic heterocycles. The molecule has 6 nitrogen and oxygen atoms in total. The van der Waals surface area contributed by atoms with E-state index in [9.17, 15) is 14.7 Å². The number of aliphatic carboxylic acids is 1. The van der Waals surface area contributed by atoms with Crippen molar-refractivity contribution in [2.24, 2.45) is 5.92 Å². The standard InChI is InChI=1S/C14H26N2O4/c1-3-11-6-8-16(12(10-11)13(18)19)14(20)15(4-2)7-5-9-17/h11-12,17H,3-10H2,1-2H3,(H,18,19). The van der Waals surface area contributed by atoms with Gasteiger partial charge >= 0.3 is 12.0 Å². The zero-order chi connectivity index (χ0) is 15.1. The zero-order valence-electron chi connectivity index (χ0n) is 12.4. The first-order chi connectivity index (χ1) is 9.54. The molecule has 1 heterocycles. The van der Waals surface area contributed by atoms with Crippen LogP contribution in [0.3, 0.4) is 0 Å². The molecule has 1 fully saturated rings. The van der Waals surface area contributed by atoms with E-state index in [0.29, 0.717) is 38.4 Å². The molecular weight excluding hydrogens is 260 g/mol. The Kier molecular flexibility index (Phi) is 6.78. The Bertz CT molecular complexity index is 335. The molecule has 0 bridgehead atoms. The van der Waals surface area contributed by atoms with Crippen LogP contribution in [0, 0.1) is 5.92 Å². The Morgan fingerprint density at radius 1 is 1.35 bits per heavy atom. The maximum atomic E-state index is 12.5. The van der Waals surface area contributed by atoms with Gasteiger partial charge in [0.2, 0.25) is 0 Å². The summed E-state index contributed by atoms with van der Waals surface area (Å²) < 4.78 is 0. The second kappa shape index (κ2) is 8.09. The second-order valence-electron chi connectivity index (χ2n) is 5.29. The van der Waals surface area contributed by atoms with Crippen LogP contribution in [0.1, 0.15) is 39.5 Å². The van der Waals surface area contributed by atoms with E-state index in [2.05, 4.69) is 6.92 Å². The number of aliphatic hydroxyl groups excluding tert-OH is 1. The summed E-state index contributed by atoms with van der Waals surface area (Å²) in [6, 6.07) is -0.938. The van der Waals surface area contributed by atoms with Gasteiger partial charge in [0.15, 0.2) is 0 Å². The molecule has 1 saturated heterocycles. The van der Waals surface area contributed by atoms with Crippen LogP contribution in [-0.4, -0.2) is 64.3 Å². The van der Waals surface area contributed by atoms with Crippen LogP contribution in [-0.2, 0) is 4.79 Å². The number of carboxylic acids is 1. The van der Waals surface area contributed by atoms with Gasteiger partial charge in [-0.05, 0) is 32.1 Å². The van der Waals surface area contributed by atoms with Crippen molar-refractivity contribution in [2.75, 3.05) is 26.2 Å². The summed E-state index contributed by atoms with van der Waals surface area (Å²) >= 11 is 0. The SMILES string of the molecule is CCC1CCN(C(=O)N(CC)CCCO)C(C(=O)O)C1. The number of hydrogen-bond acceptors (Lipinski definition) is 3. The van der Waals surface area contributed by atoms with Crippen LogP contribution in [0.4, 0.5) is 4.79 Å². The number of aliphatic hydroxyl groups is 1. The third kappa shape index (κ3) is 4.10. The van der Waals surface area contributed by atoms with Crippen molar-refractivity contribution >= 4 is 12.0 Å². The van der Waals surface area contributed by atoms with Crippen molar-refractivity contribution in [1.82, 2.24) is 9.80 Å². The number of carbonyl (C=O) groups is 2. The van der Waals surface area contributed by atoms with Gasteiger partial charge in [-0.25, -0.2) is 9.59 Å². The van der Waals surface area contributed by atoms with Gasteiger partial charge in [-0.2, -0.15) is 0 Å². The molecule has 2 atom stereocenters. The number of amides is 2. The van der Waals surface area contributed by atoms with Gasteiger partial charge in [-0.1, -0.05) is 13.3 Å². The van der Waals surface area contributed by atoms with Gasteiger partial charge in [-0.15, -0.1) is 0 Å². The number of nitrogens with zero attached hydrogens (tertiary/aromatic N) is 2. The van der Waals surface area contributed by atoms with Crippen LogP contribution in [0.5, 0.6) is 0 Å². The highest BCUT2D eigenvalue weighted by molar-refractivity contribution is 5.83. The van der Waals surface area contributed by atoms with Gasteiger partial charge in [0.05, 0.1) is 0 Å². The number of hydrogen-bond donors (Lipinski definition) is 2. The van der Waals surface area contributed by atoms with Crippen LogP contribution in [0.15, 0.2) is 0 Å². The first-order valence-corrected chi connectivity index (χ1v) is 7.44. The van der Waals surface area contributed by atoms with Gasteiger partial charge < -0.3 is 20.0 Å². The summed E-state index contributed by atoms with van der Waals surface area (Å²) in [6.45, 7) is 5.45. The fourth-order valence-electron chi connectivity index (χ4n) is 2.70. The summed E-state index contributed by atoms with van der Waals surface area (Å²) in [6.07, 6.45) is 2.87. The molecule has 0 saturated carbocycles. The minimum absolute atomic E-state index is 0.0318. The van der Waals surface area contributed by atoms with Gasteiger partial charge in [0.1, 0.15) is 6.04 Å². The van der Waals surface area contributed by atoms with E-state index in [1.807, 2.05) is 6.92 Å². The van der Waals surface area contributed by atoms with Gasteiger partial charge in [-0.3, -0.25) is 0 Å². The Hall–Kier alpha value is -1.30. The van der Waals surface area contributed by atoms with E-state index in [1.165, 1.54) is 4.90 Å². The van der Waals surface area contributed by atoms with Crippen LogP contribution >= 0.6 is 0 Å². The minimum Gasteiger partial charge on any atom is -0.480 e. The quantitative estimate of drug-likeness (QED) is 0.773. The molecule has 1 aliphatic rings. The highest BCUT2D eigenvalue weighted by atomic mass is 16.4. The summed E-state index contributed by atoms with van der Waals surface area (Å²) in [5.41, 5.74) is 0. The van der Waals surface area contributed by atoms with Crippen molar-refractivity contribution in [3.05, 3.63) is 0 Å².